The van der Waals surface area contributed by atoms with E-state index in [0.29, 0.717) is 29.9 Å². The summed E-state index contributed by atoms with van der Waals surface area (Å²) >= 11 is 2.18. The molecule has 2 unspecified atom stereocenters. The molecule has 508 valence electrons. The number of halogens is 6. The highest BCUT2D eigenvalue weighted by Crippen LogP contribution is 2.55. The Morgan fingerprint density at radius 1 is 0.521 bits per heavy atom. The molecule has 0 bridgehead atoms. The monoisotopic (exact) mass is 1430 g/mol. The van der Waals surface area contributed by atoms with Gasteiger partial charge in [-0.1, -0.05) is 74.7 Å². The van der Waals surface area contributed by atoms with Gasteiger partial charge in [0, 0.05) is 87.7 Å². The summed E-state index contributed by atoms with van der Waals surface area (Å²) in [5.74, 6) is -0.990. The number of aryl methyl sites for hydroxylation is 4. The van der Waals surface area contributed by atoms with E-state index in [9.17, 15) is 27.4 Å². The number of nitriles is 2. The predicted molar refractivity (Wildman–Crippen MR) is 369 cm³/mol. The van der Waals surface area contributed by atoms with Gasteiger partial charge >= 0.3 is 12.4 Å². The molecule has 10 rings (SSSR count). The van der Waals surface area contributed by atoms with Crippen molar-refractivity contribution in [1.82, 2.24) is 27.0 Å². The normalized spacial score (nSPS) is 14.0. The van der Waals surface area contributed by atoms with Gasteiger partial charge in [0.25, 0.3) is 20.0 Å². The molecule has 0 fully saturated rings. The molecule has 6 aromatic carbocycles. The van der Waals surface area contributed by atoms with Crippen molar-refractivity contribution in [2.75, 3.05) is 39.9 Å². The van der Waals surface area contributed by atoms with Crippen LogP contribution < -0.4 is 0 Å². The van der Waals surface area contributed by atoms with Gasteiger partial charge in [0.15, 0.2) is 11.6 Å². The lowest BCUT2D eigenvalue weighted by molar-refractivity contribution is -0.263. The maximum Gasteiger partial charge on any atom is 0.429 e. The van der Waals surface area contributed by atoms with E-state index in [0.717, 1.165) is 68.9 Å². The van der Waals surface area contributed by atoms with E-state index in [1.54, 1.807) is 68.8 Å². The van der Waals surface area contributed by atoms with E-state index in [4.69, 9.17) is 18.9 Å². The maximum absolute atomic E-state index is 16.0. The van der Waals surface area contributed by atoms with Gasteiger partial charge in [0.2, 0.25) is 11.2 Å². The Kier molecular flexibility index (Phi) is 21.0. The van der Waals surface area contributed by atoms with E-state index in [2.05, 4.69) is 49.3 Å². The first-order chi connectivity index (χ1) is 45.0. The van der Waals surface area contributed by atoms with Crippen LogP contribution in [0.4, 0.5) is 26.3 Å². The first kappa shape index (κ1) is 73.0. The molecule has 28 heteroatoms. The second-order valence-electron chi connectivity index (χ2n) is 25.7. The minimum Gasteiger partial charge on any atom is -0.361 e. The second-order valence-corrected chi connectivity index (χ2v) is 42.3. The van der Waals surface area contributed by atoms with Gasteiger partial charge in [-0.3, -0.25) is 0 Å². The van der Waals surface area contributed by atoms with E-state index in [1.807, 2.05) is 26.0 Å². The molecule has 0 saturated heterocycles. The summed E-state index contributed by atoms with van der Waals surface area (Å²) in [7, 11) is -9.49. The van der Waals surface area contributed by atoms with E-state index < -0.39 is 71.4 Å². The lowest BCUT2D eigenvalue weighted by Crippen LogP contribution is -2.48. The molecular formula is C68H74F6N8O8S4Si2. The topological polar surface area (TPSA) is 198 Å². The van der Waals surface area contributed by atoms with Gasteiger partial charge in [-0.2, -0.15) is 36.9 Å². The fourth-order valence-corrected chi connectivity index (χ4v) is 17.5. The van der Waals surface area contributed by atoms with Gasteiger partial charge in [0.1, 0.15) is 13.5 Å². The average molecular weight is 1430 g/mol. The number of imidazole rings is 2. The van der Waals surface area contributed by atoms with E-state index in [-0.39, 0.29) is 93.7 Å². The molecular weight excluding hydrogens is 1360 g/mol. The molecule has 0 aliphatic rings. The van der Waals surface area contributed by atoms with Crippen molar-refractivity contribution >= 4 is 104 Å². The third-order valence-electron chi connectivity index (χ3n) is 16.7. The van der Waals surface area contributed by atoms with Crippen molar-refractivity contribution in [3.8, 4) is 12.1 Å². The number of nitrogens with zero attached hydrogens (tertiary/aromatic N) is 8. The van der Waals surface area contributed by atoms with Crippen molar-refractivity contribution in [2.24, 2.45) is 0 Å². The molecule has 16 nitrogen and oxygen atoms in total. The summed E-state index contributed by atoms with van der Waals surface area (Å²) in [5.41, 5.74) is -2.63. The Labute approximate surface area is 565 Å². The highest BCUT2D eigenvalue weighted by Gasteiger charge is 2.64. The van der Waals surface area contributed by atoms with Gasteiger partial charge in [-0.05, 0) is 148 Å². The van der Waals surface area contributed by atoms with E-state index >= 15 is 26.3 Å². The maximum atomic E-state index is 16.0. The lowest BCUT2D eigenvalue weighted by atomic mass is 9.87. The summed E-state index contributed by atoms with van der Waals surface area (Å²) in [6.45, 7) is 20.2. The van der Waals surface area contributed by atoms with Gasteiger partial charge in [-0.25, -0.2) is 34.7 Å². The average Bonchev–Trinajstić information content (AvgIpc) is 1.43. The van der Waals surface area contributed by atoms with Crippen molar-refractivity contribution in [3.63, 3.8) is 0 Å². The minimum atomic E-state index is -5.10. The molecule has 2 atom stereocenters. The summed E-state index contributed by atoms with van der Waals surface area (Å²) in [6.07, 6.45) is -4.33. The molecule has 0 aliphatic carbocycles. The molecule has 4 aromatic heterocycles. The number of methoxy groups -OCH3 is 2. The first-order valence-electron chi connectivity index (χ1n) is 30.2. The highest BCUT2D eigenvalue weighted by molar-refractivity contribution is 7.99. The SMILES string of the molecule is COC(c1c(SC)cc(C)c2c1ccn2S(=O)(=O)c1ccc(C)cc1)(c1nc2cc(C#N)ccc2n1COCC[Si](C)(C)C)C(F)(F)F.COC(c1c(SC)cc(C)c2c1ccn2S(=O)(=O)c1ccc(C)cc1)(c1nc2ccc(C#N)cc2n1COCC[Si](C)(C)C)C(F)(F)F. The van der Waals surface area contributed by atoms with Crippen LogP contribution in [-0.2, 0) is 63.7 Å². The Morgan fingerprint density at radius 3 is 1.28 bits per heavy atom. The summed E-state index contributed by atoms with van der Waals surface area (Å²) in [5, 5.41) is 19.3. The number of fused-ring (bicyclic) bond motifs is 4. The zero-order chi connectivity index (χ0) is 70.5. The fourth-order valence-electron chi connectivity index (χ4n) is 11.7. The number of benzene rings is 6. The van der Waals surface area contributed by atoms with Crippen molar-refractivity contribution in [1.29, 1.82) is 10.5 Å². The number of hydrogen-bond acceptors (Lipinski definition) is 14. The number of aromatic nitrogens is 6. The van der Waals surface area contributed by atoms with Crippen molar-refractivity contribution < 1.29 is 62.1 Å². The number of hydrogen-bond donors (Lipinski definition) is 0. The predicted octanol–water partition coefficient (Wildman–Crippen LogP) is 16.4. The molecule has 4 heterocycles. The zero-order valence-electron chi connectivity index (χ0n) is 55.5. The standard InChI is InChI=1S/2C34H37F3N4O4S2Si/c1-22-8-11-25(12-9-22)47(42,43)41-15-14-26-30(29(46-4)18-23(2)31(26)41)33(44-3,34(35,36)37)32-39-27-19-24(20-38)10-13-28(27)40(32)21-45-16-17-48(5,6)7;1-22-8-11-25(12-9-22)47(42,43)41-15-14-26-30(29(46-4)18-23(2)31(26)41)33(44-3,34(35,36)37)32-39-27-13-10-24(20-38)19-28(27)40(32)21-45-16-17-48(5,6)7/h2*8-15,18-19H,16-17,21H2,1-7H3. The van der Waals surface area contributed by atoms with Crippen LogP contribution in [0.1, 0.15) is 56.2 Å². The third kappa shape index (κ3) is 13.6. The molecule has 96 heavy (non-hydrogen) atoms. The van der Waals surface area contributed by atoms with Gasteiger partial charge in [-0.15, -0.1) is 23.5 Å². The summed E-state index contributed by atoms with van der Waals surface area (Å²) in [6, 6.07) is 33.0. The molecule has 0 aliphatic heterocycles. The summed E-state index contributed by atoms with van der Waals surface area (Å²) < 4.78 is 180. The van der Waals surface area contributed by atoms with Crippen LogP contribution in [0.5, 0.6) is 0 Å². The Balaban J connectivity index is 0.000000225. The molecule has 0 radical (unpaired) electrons. The highest BCUT2D eigenvalue weighted by atomic mass is 32.2. The van der Waals surface area contributed by atoms with Crippen LogP contribution in [0.15, 0.2) is 141 Å². The van der Waals surface area contributed by atoms with Crippen LogP contribution in [0, 0.1) is 50.4 Å². The lowest BCUT2D eigenvalue weighted by Gasteiger charge is -2.36. The van der Waals surface area contributed by atoms with Crippen LogP contribution in [0.2, 0.25) is 51.4 Å². The zero-order valence-corrected chi connectivity index (χ0v) is 60.8. The molecule has 0 saturated carbocycles. The fraction of sp³-hybridized carbons (Fsp3) is 0.353. The van der Waals surface area contributed by atoms with Gasteiger partial charge < -0.3 is 28.1 Å². The summed E-state index contributed by atoms with van der Waals surface area (Å²) in [4.78, 5) is 9.51. The van der Waals surface area contributed by atoms with Gasteiger partial charge in [0.05, 0.1) is 66.2 Å². The largest absolute Gasteiger partial charge is 0.429 e. The van der Waals surface area contributed by atoms with Crippen molar-refractivity contribution in [3.05, 3.63) is 178 Å². The minimum absolute atomic E-state index is 0.000115. The number of alkyl halides is 6. The first-order valence-corrected chi connectivity index (χ1v) is 43.0. The van der Waals surface area contributed by atoms with Crippen LogP contribution >= 0.6 is 23.5 Å². The third-order valence-corrected chi connectivity index (χ3v) is 25.0. The number of rotatable bonds is 22. The number of ether oxygens (including phenoxy) is 4. The number of thioether (sulfide) groups is 2. The smallest absolute Gasteiger partial charge is 0.361 e. The Hall–Kier alpha value is -7.23. The Bertz CT molecular complexity index is 4720. The molecule has 0 spiro atoms. The van der Waals surface area contributed by atoms with Crippen LogP contribution in [0.3, 0.4) is 0 Å². The van der Waals surface area contributed by atoms with Crippen LogP contribution in [-0.4, -0.2) is 112 Å². The second kappa shape index (κ2) is 27.6. The van der Waals surface area contributed by atoms with Crippen LogP contribution in [0.25, 0.3) is 43.9 Å². The molecule has 0 N–H and O–H groups in total. The molecule has 10 aromatic rings. The Morgan fingerprint density at radius 2 is 0.906 bits per heavy atom. The van der Waals surface area contributed by atoms with E-state index in [1.165, 1.54) is 88.3 Å². The quantitative estimate of drug-likeness (QED) is 0.0269. The van der Waals surface area contributed by atoms with Crippen molar-refractivity contribution in [2.45, 2.75) is 136 Å². The molecule has 0 amide bonds.